The predicted molar refractivity (Wildman–Crippen MR) is 186 cm³/mol. The molecule has 12 heteroatoms. The lowest BCUT2D eigenvalue weighted by Gasteiger charge is -2.43. The molecular formula is C36H41N5O6S. The number of nitro groups is 1. The number of allylic oxidation sites excluding steroid dienone is 1. The van der Waals surface area contributed by atoms with Gasteiger partial charge in [0, 0.05) is 24.4 Å². The van der Waals surface area contributed by atoms with E-state index in [2.05, 4.69) is 29.2 Å². The number of piperidine rings is 1. The predicted octanol–water partition coefficient (Wildman–Crippen LogP) is 6.34. The van der Waals surface area contributed by atoms with Gasteiger partial charge in [-0.15, -0.1) is 0 Å². The van der Waals surface area contributed by atoms with Crippen LogP contribution in [0.3, 0.4) is 0 Å². The second-order valence-electron chi connectivity index (χ2n) is 11.8. The van der Waals surface area contributed by atoms with Crippen molar-refractivity contribution in [3.8, 4) is 5.75 Å². The molecule has 1 fully saturated rings. The maximum absolute atomic E-state index is 13.3. The van der Waals surface area contributed by atoms with E-state index >= 15 is 0 Å². The van der Waals surface area contributed by atoms with Crippen molar-refractivity contribution in [2.75, 3.05) is 40.4 Å². The maximum Gasteiger partial charge on any atom is 0.338 e. The zero-order valence-corrected chi connectivity index (χ0v) is 28.3. The van der Waals surface area contributed by atoms with Crippen LogP contribution in [0.4, 0.5) is 5.69 Å². The molecular weight excluding hydrogens is 630 g/mol. The van der Waals surface area contributed by atoms with Crippen LogP contribution in [0.15, 0.2) is 95.1 Å². The number of carbonyl (C=O) groups is 2. The highest BCUT2D eigenvalue weighted by atomic mass is 32.2. The first kappa shape index (κ1) is 34.6. The summed E-state index contributed by atoms with van der Waals surface area (Å²) in [6.07, 6.45) is 3.63. The number of amidine groups is 1. The number of esters is 1. The SMILES string of the molecule is COC(=O)C1=C(C)N=C(SCc2ccc(OC)cc2)N(N(C=O)CCCN2CCC(c3ccccc3)CC2)C1c1ccc([N+](=O)[O-])cc1. The van der Waals surface area contributed by atoms with Crippen LogP contribution in [0.25, 0.3) is 0 Å². The molecule has 0 bridgehead atoms. The summed E-state index contributed by atoms with van der Waals surface area (Å²) in [6, 6.07) is 23.6. The van der Waals surface area contributed by atoms with E-state index in [1.807, 2.05) is 30.3 Å². The molecule has 0 aliphatic carbocycles. The molecule has 252 valence electrons. The van der Waals surface area contributed by atoms with E-state index in [0.29, 0.717) is 41.1 Å². The number of amides is 1. The van der Waals surface area contributed by atoms with E-state index in [0.717, 1.165) is 50.2 Å². The van der Waals surface area contributed by atoms with Crippen molar-refractivity contribution in [1.29, 1.82) is 0 Å². The second kappa shape index (κ2) is 16.4. The van der Waals surface area contributed by atoms with Crippen LogP contribution in [-0.4, -0.2) is 77.8 Å². The van der Waals surface area contributed by atoms with Crippen LogP contribution in [-0.2, 0) is 20.1 Å². The Bertz CT molecular complexity index is 1620. The van der Waals surface area contributed by atoms with E-state index in [9.17, 15) is 19.7 Å². The van der Waals surface area contributed by atoms with Crippen molar-refractivity contribution in [2.45, 2.75) is 43.9 Å². The summed E-state index contributed by atoms with van der Waals surface area (Å²) >= 11 is 1.44. The zero-order chi connectivity index (χ0) is 34.0. The quantitative estimate of drug-likeness (QED) is 0.0888. The van der Waals surface area contributed by atoms with Crippen molar-refractivity contribution in [2.24, 2.45) is 4.99 Å². The Morgan fingerprint density at radius 2 is 1.71 bits per heavy atom. The van der Waals surface area contributed by atoms with Gasteiger partial charge in [0.05, 0.1) is 30.4 Å². The number of likely N-dealkylation sites (tertiary alicyclic amines) is 1. The van der Waals surface area contributed by atoms with Crippen molar-refractivity contribution < 1.29 is 24.0 Å². The summed E-state index contributed by atoms with van der Waals surface area (Å²) in [6.45, 7) is 4.89. The number of thioether (sulfide) groups is 1. The summed E-state index contributed by atoms with van der Waals surface area (Å²) in [7, 11) is 2.92. The minimum absolute atomic E-state index is 0.0764. The van der Waals surface area contributed by atoms with Gasteiger partial charge in [-0.25, -0.2) is 14.8 Å². The van der Waals surface area contributed by atoms with Gasteiger partial charge in [-0.1, -0.05) is 54.2 Å². The highest BCUT2D eigenvalue weighted by Crippen LogP contribution is 2.40. The summed E-state index contributed by atoms with van der Waals surface area (Å²) in [5.41, 5.74) is 3.63. The number of hydrogen-bond donors (Lipinski definition) is 0. The lowest BCUT2D eigenvalue weighted by molar-refractivity contribution is -0.384. The fourth-order valence-corrected chi connectivity index (χ4v) is 7.28. The third kappa shape index (κ3) is 8.23. The lowest BCUT2D eigenvalue weighted by atomic mass is 9.89. The van der Waals surface area contributed by atoms with Gasteiger partial charge in [0.1, 0.15) is 11.8 Å². The van der Waals surface area contributed by atoms with Crippen LogP contribution < -0.4 is 4.74 Å². The topological polar surface area (TPSA) is 118 Å². The van der Waals surface area contributed by atoms with Crippen LogP contribution in [0.1, 0.15) is 54.8 Å². The Morgan fingerprint density at radius 3 is 2.31 bits per heavy atom. The Labute approximate surface area is 285 Å². The highest BCUT2D eigenvalue weighted by molar-refractivity contribution is 8.13. The number of non-ortho nitro benzene ring substituents is 1. The molecule has 0 spiro atoms. The summed E-state index contributed by atoms with van der Waals surface area (Å²) < 4.78 is 10.5. The summed E-state index contributed by atoms with van der Waals surface area (Å²) in [4.78, 5) is 44.4. The van der Waals surface area contributed by atoms with Gasteiger partial charge in [0.25, 0.3) is 5.69 Å². The Balaban J connectivity index is 1.39. The van der Waals surface area contributed by atoms with Gasteiger partial charge < -0.3 is 14.4 Å². The van der Waals surface area contributed by atoms with Crippen molar-refractivity contribution in [1.82, 2.24) is 14.9 Å². The molecule has 3 aromatic carbocycles. The van der Waals surface area contributed by atoms with Crippen LogP contribution >= 0.6 is 11.8 Å². The molecule has 3 aromatic rings. The summed E-state index contributed by atoms with van der Waals surface area (Å²) in [5.74, 6) is 1.25. The van der Waals surface area contributed by atoms with E-state index in [-0.39, 0.29) is 11.3 Å². The number of carbonyl (C=O) groups excluding carboxylic acids is 2. The van der Waals surface area contributed by atoms with Crippen molar-refractivity contribution in [3.05, 3.63) is 117 Å². The van der Waals surface area contributed by atoms with Gasteiger partial charge in [-0.05, 0) is 92.7 Å². The Kier molecular flexibility index (Phi) is 11.9. The molecule has 0 aromatic heterocycles. The molecule has 2 heterocycles. The van der Waals surface area contributed by atoms with E-state index in [1.165, 1.54) is 36.6 Å². The van der Waals surface area contributed by atoms with Gasteiger partial charge in [-0.2, -0.15) is 0 Å². The smallest absolute Gasteiger partial charge is 0.338 e. The number of rotatable bonds is 13. The minimum Gasteiger partial charge on any atom is -0.497 e. The van der Waals surface area contributed by atoms with Crippen molar-refractivity contribution >= 4 is 35.0 Å². The van der Waals surface area contributed by atoms with E-state index in [1.54, 1.807) is 36.2 Å². The van der Waals surface area contributed by atoms with E-state index < -0.39 is 16.9 Å². The van der Waals surface area contributed by atoms with Crippen LogP contribution in [0, 0.1) is 10.1 Å². The molecule has 0 N–H and O–H groups in total. The van der Waals surface area contributed by atoms with E-state index in [4.69, 9.17) is 14.5 Å². The van der Waals surface area contributed by atoms with Gasteiger partial charge >= 0.3 is 5.97 Å². The lowest BCUT2D eigenvalue weighted by Crippen LogP contribution is -2.50. The first-order valence-electron chi connectivity index (χ1n) is 16.0. The molecule has 2 aliphatic rings. The third-order valence-electron chi connectivity index (χ3n) is 8.84. The Morgan fingerprint density at radius 1 is 1.02 bits per heavy atom. The fraction of sp³-hybridized carbons (Fsp3) is 0.361. The molecule has 1 unspecified atom stereocenters. The zero-order valence-electron chi connectivity index (χ0n) is 27.5. The fourth-order valence-electron chi connectivity index (χ4n) is 6.25. The number of aliphatic imine (C=N–C) groups is 1. The van der Waals surface area contributed by atoms with Crippen LogP contribution in [0.2, 0.25) is 0 Å². The third-order valence-corrected chi connectivity index (χ3v) is 9.85. The molecule has 48 heavy (non-hydrogen) atoms. The molecule has 11 nitrogen and oxygen atoms in total. The molecule has 0 saturated carbocycles. The molecule has 0 radical (unpaired) electrons. The second-order valence-corrected chi connectivity index (χ2v) is 12.7. The first-order chi connectivity index (χ1) is 23.3. The van der Waals surface area contributed by atoms with Crippen molar-refractivity contribution in [3.63, 3.8) is 0 Å². The number of hydrazine groups is 1. The highest BCUT2D eigenvalue weighted by Gasteiger charge is 2.40. The number of benzene rings is 3. The summed E-state index contributed by atoms with van der Waals surface area (Å²) in [5, 5.41) is 15.3. The van der Waals surface area contributed by atoms with Gasteiger partial charge in [0.15, 0.2) is 5.17 Å². The largest absolute Gasteiger partial charge is 0.497 e. The molecule has 2 aliphatic heterocycles. The average Bonchev–Trinajstić information content (AvgIpc) is 3.13. The molecule has 1 saturated heterocycles. The number of hydrogen-bond acceptors (Lipinski definition) is 10. The number of nitro benzene ring substituents is 1. The normalized spacial score (nSPS) is 17.1. The number of nitrogens with zero attached hydrogens (tertiary/aromatic N) is 5. The monoisotopic (exact) mass is 671 g/mol. The van der Waals surface area contributed by atoms with Crippen LogP contribution in [0.5, 0.6) is 5.75 Å². The van der Waals surface area contributed by atoms with Gasteiger partial charge in [-0.3, -0.25) is 19.9 Å². The first-order valence-corrected chi connectivity index (χ1v) is 17.0. The molecule has 1 amide bonds. The number of methoxy groups -OCH3 is 2. The number of ether oxygens (including phenoxy) is 2. The molecule has 1 atom stereocenters. The van der Waals surface area contributed by atoms with Gasteiger partial charge in [0.2, 0.25) is 6.41 Å². The Hall–Kier alpha value is -4.68. The average molecular weight is 672 g/mol. The standard InChI is InChI=1S/C36H41N5O6S/c1-26-33(35(43)47-3)34(30-12-14-31(15-13-30)41(44)45)40(36(37-26)48-24-27-10-16-32(46-2)17-11-27)39(25-42)21-7-20-38-22-18-29(19-23-38)28-8-5-4-6-9-28/h4-6,8-17,25,29,34H,7,18-24H2,1-3H3. The minimum atomic E-state index is -0.805. The molecule has 5 rings (SSSR count). The maximum atomic E-state index is 13.3.